The molecule has 0 saturated carbocycles. The normalized spacial score (nSPS) is 13.2. The third-order valence-electron chi connectivity index (χ3n) is 4.98. The van der Waals surface area contributed by atoms with Crippen LogP contribution in [0.5, 0.6) is 0 Å². The number of hydrogen-bond donors (Lipinski definition) is 2. The number of amides is 2. The molecule has 0 radical (unpaired) electrons. The van der Waals surface area contributed by atoms with Crippen molar-refractivity contribution in [2.75, 3.05) is 20.6 Å². The van der Waals surface area contributed by atoms with Crippen LogP contribution in [-0.4, -0.2) is 43.4 Å². The highest BCUT2D eigenvalue weighted by Crippen LogP contribution is 2.25. The number of nitrogens with zero attached hydrogens (tertiary/aromatic N) is 1. The summed E-state index contributed by atoms with van der Waals surface area (Å²) in [5.74, 6) is -0.505. The molecule has 2 unspecified atom stereocenters. The Bertz CT molecular complexity index is 852. The van der Waals surface area contributed by atoms with Gasteiger partial charge in [0, 0.05) is 17.1 Å². The van der Waals surface area contributed by atoms with E-state index in [2.05, 4.69) is 10.6 Å². The molecule has 2 rings (SSSR count). The van der Waals surface area contributed by atoms with Gasteiger partial charge in [-0.1, -0.05) is 61.8 Å². The van der Waals surface area contributed by atoms with Crippen molar-refractivity contribution < 1.29 is 9.59 Å². The Morgan fingerprint density at radius 3 is 2.24 bits per heavy atom. The van der Waals surface area contributed by atoms with Crippen molar-refractivity contribution in [2.24, 2.45) is 5.92 Å². The minimum Gasteiger partial charge on any atom is -0.352 e. The number of benzene rings is 2. The van der Waals surface area contributed by atoms with E-state index in [9.17, 15) is 9.59 Å². The lowest BCUT2D eigenvalue weighted by Gasteiger charge is -2.28. The SMILES string of the molecule is Cc1ccccc1C(=O)NC(C(=O)NCC(c1ccccc1Cl)N(C)C)C(C)C. The number of carbonyl (C=O) groups excluding carboxylic acids is 2. The topological polar surface area (TPSA) is 61.4 Å². The number of aryl methyl sites for hydroxylation is 1. The van der Waals surface area contributed by atoms with Gasteiger partial charge in [-0.15, -0.1) is 0 Å². The summed E-state index contributed by atoms with van der Waals surface area (Å²) in [6, 6.07) is 14.2. The molecule has 0 aliphatic heterocycles. The molecule has 5 nitrogen and oxygen atoms in total. The summed E-state index contributed by atoms with van der Waals surface area (Å²) in [5, 5.41) is 6.54. The zero-order valence-electron chi connectivity index (χ0n) is 17.7. The molecule has 2 amide bonds. The molecule has 0 bridgehead atoms. The van der Waals surface area contributed by atoms with E-state index in [1.165, 1.54) is 0 Å². The predicted octanol–water partition coefficient (Wildman–Crippen LogP) is 3.82. The minimum absolute atomic E-state index is 0.0545. The highest BCUT2D eigenvalue weighted by molar-refractivity contribution is 6.31. The number of carbonyl (C=O) groups is 2. The van der Waals surface area contributed by atoms with E-state index in [4.69, 9.17) is 11.6 Å². The van der Waals surface area contributed by atoms with Crippen LogP contribution in [0, 0.1) is 12.8 Å². The first-order chi connectivity index (χ1) is 13.7. The van der Waals surface area contributed by atoms with E-state index in [0.717, 1.165) is 11.1 Å². The first-order valence-corrected chi connectivity index (χ1v) is 10.1. The Balaban J connectivity index is 2.10. The molecule has 0 aromatic heterocycles. The Labute approximate surface area is 178 Å². The van der Waals surface area contributed by atoms with Crippen LogP contribution in [0.2, 0.25) is 5.02 Å². The molecule has 0 saturated heterocycles. The van der Waals surface area contributed by atoms with E-state index in [1.807, 2.05) is 82.2 Å². The molecule has 0 heterocycles. The van der Waals surface area contributed by atoms with Gasteiger partial charge >= 0.3 is 0 Å². The third kappa shape index (κ3) is 6.05. The zero-order chi connectivity index (χ0) is 21.6. The van der Waals surface area contributed by atoms with Crippen LogP contribution in [0.15, 0.2) is 48.5 Å². The number of likely N-dealkylation sites (N-methyl/N-ethyl adjacent to an activating group) is 1. The van der Waals surface area contributed by atoms with Crippen LogP contribution >= 0.6 is 11.6 Å². The maximum Gasteiger partial charge on any atom is 0.252 e. The Kier molecular flexibility index (Phi) is 8.23. The van der Waals surface area contributed by atoms with Crippen molar-refractivity contribution in [3.63, 3.8) is 0 Å². The van der Waals surface area contributed by atoms with Crippen molar-refractivity contribution >= 4 is 23.4 Å². The van der Waals surface area contributed by atoms with Crippen LogP contribution in [0.25, 0.3) is 0 Å². The highest BCUT2D eigenvalue weighted by Gasteiger charge is 2.26. The number of nitrogens with one attached hydrogen (secondary N) is 2. The van der Waals surface area contributed by atoms with E-state index < -0.39 is 6.04 Å². The summed E-state index contributed by atoms with van der Waals surface area (Å²) >= 11 is 6.35. The number of halogens is 1. The van der Waals surface area contributed by atoms with Gasteiger partial charge in [-0.05, 0) is 50.2 Å². The van der Waals surface area contributed by atoms with Gasteiger partial charge in [0.2, 0.25) is 5.91 Å². The fourth-order valence-electron chi connectivity index (χ4n) is 3.20. The fourth-order valence-corrected chi connectivity index (χ4v) is 3.47. The summed E-state index contributed by atoms with van der Waals surface area (Å²) in [7, 11) is 3.89. The van der Waals surface area contributed by atoms with E-state index >= 15 is 0 Å². The molecule has 0 aliphatic rings. The average molecular weight is 416 g/mol. The van der Waals surface area contributed by atoms with Crippen LogP contribution in [0.4, 0.5) is 0 Å². The van der Waals surface area contributed by atoms with Crippen LogP contribution in [0.1, 0.15) is 41.4 Å². The summed E-state index contributed by atoms with van der Waals surface area (Å²) in [6.07, 6.45) is 0. The Hall–Kier alpha value is -2.37. The second-order valence-corrected chi connectivity index (χ2v) is 8.16. The number of hydrogen-bond acceptors (Lipinski definition) is 3. The summed E-state index contributed by atoms with van der Waals surface area (Å²) in [4.78, 5) is 27.6. The lowest BCUT2D eigenvalue weighted by Crippen LogP contribution is -2.51. The Morgan fingerprint density at radius 1 is 1.03 bits per heavy atom. The largest absolute Gasteiger partial charge is 0.352 e. The Morgan fingerprint density at radius 2 is 1.66 bits per heavy atom. The molecular weight excluding hydrogens is 386 g/mol. The first kappa shape index (κ1) is 22.9. The maximum atomic E-state index is 12.9. The monoisotopic (exact) mass is 415 g/mol. The lowest BCUT2D eigenvalue weighted by atomic mass is 10.0. The maximum absolute atomic E-state index is 12.9. The van der Waals surface area contributed by atoms with Gasteiger partial charge in [-0.3, -0.25) is 9.59 Å². The molecule has 0 fully saturated rings. The first-order valence-electron chi connectivity index (χ1n) is 9.77. The van der Waals surface area contributed by atoms with Crippen LogP contribution < -0.4 is 10.6 Å². The average Bonchev–Trinajstić information content (AvgIpc) is 2.67. The smallest absolute Gasteiger partial charge is 0.252 e. The van der Waals surface area contributed by atoms with E-state index in [0.29, 0.717) is 17.1 Å². The number of rotatable bonds is 8. The molecule has 0 aliphatic carbocycles. The summed E-state index contributed by atoms with van der Waals surface area (Å²) < 4.78 is 0. The van der Waals surface area contributed by atoms with E-state index in [1.54, 1.807) is 6.07 Å². The summed E-state index contributed by atoms with van der Waals surface area (Å²) in [5.41, 5.74) is 2.40. The molecule has 2 atom stereocenters. The lowest BCUT2D eigenvalue weighted by molar-refractivity contribution is -0.124. The van der Waals surface area contributed by atoms with Crippen molar-refractivity contribution in [3.05, 3.63) is 70.2 Å². The van der Waals surface area contributed by atoms with Crippen molar-refractivity contribution in [3.8, 4) is 0 Å². The molecule has 29 heavy (non-hydrogen) atoms. The van der Waals surface area contributed by atoms with Crippen LogP contribution in [-0.2, 0) is 4.79 Å². The van der Waals surface area contributed by atoms with Gasteiger partial charge in [-0.25, -0.2) is 0 Å². The summed E-state index contributed by atoms with van der Waals surface area (Å²) in [6.45, 7) is 6.10. The second-order valence-electron chi connectivity index (χ2n) is 7.76. The van der Waals surface area contributed by atoms with Gasteiger partial charge in [0.25, 0.3) is 5.91 Å². The molecule has 2 aromatic carbocycles. The molecule has 2 aromatic rings. The van der Waals surface area contributed by atoms with Crippen molar-refractivity contribution in [2.45, 2.75) is 32.9 Å². The minimum atomic E-state index is -0.629. The van der Waals surface area contributed by atoms with Crippen LogP contribution in [0.3, 0.4) is 0 Å². The predicted molar refractivity (Wildman–Crippen MR) is 118 cm³/mol. The molecular formula is C23H30ClN3O2. The van der Waals surface area contributed by atoms with Gasteiger partial charge < -0.3 is 15.5 Å². The molecule has 0 spiro atoms. The van der Waals surface area contributed by atoms with Gasteiger partial charge in [0.05, 0.1) is 6.04 Å². The highest BCUT2D eigenvalue weighted by atomic mass is 35.5. The fraction of sp³-hybridized carbons (Fsp3) is 0.391. The molecule has 6 heteroatoms. The molecule has 2 N–H and O–H groups in total. The second kappa shape index (κ2) is 10.4. The quantitative estimate of drug-likeness (QED) is 0.688. The van der Waals surface area contributed by atoms with Gasteiger partial charge in [0.15, 0.2) is 0 Å². The van der Waals surface area contributed by atoms with Gasteiger partial charge in [-0.2, -0.15) is 0 Å². The van der Waals surface area contributed by atoms with Crippen molar-refractivity contribution in [1.29, 1.82) is 0 Å². The van der Waals surface area contributed by atoms with Crippen molar-refractivity contribution in [1.82, 2.24) is 15.5 Å². The third-order valence-corrected chi connectivity index (χ3v) is 5.33. The van der Waals surface area contributed by atoms with Gasteiger partial charge in [0.1, 0.15) is 6.04 Å². The van der Waals surface area contributed by atoms with E-state index in [-0.39, 0.29) is 23.8 Å². The standard InChI is InChI=1S/C23H30ClN3O2/c1-15(2)21(26-22(28)17-11-7-6-10-16(17)3)23(29)25-14-20(27(4)5)18-12-8-9-13-19(18)24/h6-13,15,20-21H,14H2,1-5H3,(H,25,29)(H,26,28). The zero-order valence-corrected chi connectivity index (χ0v) is 18.5. The molecule has 156 valence electrons.